The van der Waals surface area contributed by atoms with E-state index in [-0.39, 0.29) is 0 Å². The third kappa shape index (κ3) is 1.09. The van der Waals surface area contributed by atoms with E-state index in [0.29, 0.717) is 5.15 Å². The number of halogens is 1. The highest BCUT2D eigenvalue weighted by Gasteiger charge is 2.17. The number of nitrogens with zero attached hydrogens (tertiary/aromatic N) is 2. The monoisotopic (exact) mass is 207 g/mol. The topological polar surface area (TPSA) is 31.9 Å². The zero-order chi connectivity index (χ0) is 9.54. The van der Waals surface area contributed by atoms with Crippen LogP contribution in [0.3, 0.4) is 0 Å². The second kappa shape index (κ2) is 2.89. The van der Waals surface area contributed by atoms with Gasteiger partial charge in [0.25, 0.3) is 0 Å². The number of anilines is 1. The third-order valence-corrected chi connectivity index (χ3v) is 2.91. The summed E-state index contributed by atoms with van der Waals surface area (Å²) in [5.41, 5.74) is 2.31. The van der Waals surface area contributed by atoms with Crippen molar-refractivity contribution >= 4 is 28.2 Å². The number of rotatable bonds is 1. The molecule has 0 saturated carbocycles. The van der Waals surface area contributed by atoms with Gasteiger partial charge in [-0.3, -0.25) is 0 Å². The molecule has 3 nitrogen and oxygen atoms in total. The average molecular weight is 208 g/mol. The maximum Gasteiger partial charge on any atom is 0.131 e. The van der Waals surface area contributed by atoms with Gasteiger partial charge in [0.05, 0.1) is 11.2 Å². The van der Waals surface area contributed by atoms with E-state index in [1.807, 2.05) is 18.5 Å². The smallest absolute Gasteiger partial charge is 0.131 e. The quantitative estimate of drug-likeness (QED) is 0.729. The molecule has 0 unspecified atom stereocenters. The van der Waals surface area contributed by atoms with Gasteiger partial charge in [-0.2, -0.15) is 0 Å². The highest BCUT2D eigenvalue weighted by molar-refractivity contribution is 6.30. The van der Waals surface area contributed by atoms with Gasteiger partial charge in [0.15, 0.2) is 0 Å². The van der Waals surface area contributed by atoms with Crippen molar-refractivity contribution in [3.63, 3.8) is 0 Å². The molecule has 72 valence electrons. The Hall–Kier alpha value is -1.22. The summed E-state index contributed by atoms with van der Waals surface area (Å²) in [5.74, 6) is 0. The SMILES string of the molecule is Clc1cc2[nH]cc(N3CCC3)c2cn1. The largest absolute Gasteiger partial charge is 0.370 e. The maximum atomic E-state index is 5.81. The lowest BCUT2D eigenvalue weighted by molar-refractivity contribution is 0.620. The van der Waals surface area contributed by atoms with E-state index in [4.69, 9.17) is 11.6 Å². The van der Waals surface area contributed by atoms with Gasteiger partial charge in [-0.15, -0.1) is 0 Å². The minimum atomic E-state index is 0.537. The molecule has 1 aliphatic heterocycles. The van der Waals surface area contributed by atoms with Crippen molar-refractivity contribution in [3.05, 3.63) is 23.6 Å². The minimum Gasteiger partial charge on any atom is -0.370 e. The summed E-state index contributed by atoms with van der Waals surface area (Å²) in [6, 6.07) is 1.86. The van der Waals surface area contributed by atoms with Gasteiger partial charge in [-0.05, 0) is 12.5 Å². The molecular formula is C10H10ClN3. The van der Waals surface area contributed by atoms with Crippen LogP contribution in [-0.4, -0.2) is 23.1 Å². The third-order valence-electron chi connectivity index (χ3n) is 2.71. The molecule has 4 heteroatoms. The first kappa shape index (κ1) is 8.12. The Labute approximate surface area is 86.7 Å². The molecule has 1 fully saturated rings. The Kier molecular flexibility index (Phi) is 1.67. The fraction of sp³-hybridized carbons (Fsp3) is 0.300. The molecule has 1 saturated heterocycles. The van der Waals surface area contributed by atoms with Crippen molar-refractivity contribution in [3.8, 4) is 0 Å². The zero-order valence-electron chi connectivity index (χ0n) is 7.63. The Morgan fingerprint density at radius 2 is 2.29 bits per heavy atom. The predicted octanol–water partition coefficient (Wildman–Crippen LogP) is 2.43. The van der Waals surface area contributed by atoms with E-state index in [1.165, 1.54) is 12.1 Å². The number of H-pyrrole nitrogens is 1. The molecule has 3 heterocycles. The number of fused-ring (bicyclic) bond motifs is 1. The van der Waals surface area contributed by atoms with Crippen molar-refractivity contribution < 1.29 is 0 Å². The van der Waals surface area contributed by atoms with Crippen LogP contribution >= 0.6 is 11.6 Å². The van der Waals surface area contributed by atoms with Crippen molar-refractivity contribution in [1.29, 1.82) is 0 Å². The lowest BCUT2D eigenvalue weighted by Gasteiger charge is -2.32. The summed E-state index contributed by atoms with van der Waals surface area (Å²) in [6.45, 7) is 2.30. The van der Waals surface area contributed by atoms with Gasteiger partial charge >= 0.3 is 0 Å². The first-order valence-electron chi connectivity index (χ1n) is 4.72. The first-order chi connectivity index (χ1) is 6.84. The second-order valence-electron chi connectivity index (χ2n) is 3.57. The van der Waals surface area contributed by atoms with Gasteiger partial charge in [0.1, 0.15) is 5.15 Å². The van der Waals surface area contributed by atoms with Crippen molar-refractivity contribution in [1.82, 2.24) is 9.97 Å². The van der Waals surface area contributed by atoms with Gasteiger partial charge in [0, 0.05) is 30.9 Å². The second-order valence-corrected chi connectivity index (χ2v) is 3.95. The maximum absolute atomic E-state index is 5.81. The van der Waals surface area contributed by atoms with Gasteiger partial charge in [-0.25, -0.2) is 4.98 Å². The molecule has 0 bridgehead atoms. The Balaban J connectivity index is 2.16. The van der Waals surface area contributed by atoms with E-state index in [0.717, 1.165) is 24.0 Å². The minimum absolute atomic E-state index is 0.537. The van der Waals surface area contributed by atoms with Crippen LogP contribution in [0, 0.1) is 0 Å². The standard InChI is InChI=1S/C10H10ClN3/c11-10-4-8-7(5-13-10)9(6-12-8)14-2-1-3-14/h4-6,12H,1-3H2. The fourth-order valence-electron chi connectivity index (χ4n) is 1.80. The van der Waals surface area contributed by atoms with E-state index >= 15 is 0 Å². The van der Waals surface area contributed by atoms with Crippen LogP contribution in [0.4, 0.5) is 5.69 Å². The van der Waals surface area contributed by atoms with Crippen LogP contribution in [0.1, 0.15) is 6.42 Å². The van der Waals surface area contributed by atoms with Crippen LogP contribution in [-0.2, 0) is 0 Å². The van der Waals surface area contributed by atoms with Crippen LogP contribution in [0.2, 0.25) is 5.15 Å². The summed E-state index contributed by atoms with van der Waals surface area (Å²) in [5, 5.41) is 1.70. The first-order valence-corrected chi connectivity index (χ1v) is 5.10. The molecule has 0 atom stereocenters. The number of nitrogens with one attached hydrogen (secondary N) is 1. The molecule has 1 aliphatic rings. The van der Waals surface area contributed by atoms with Crippen LogP contribution in [0.5, 0.6) is 0 Å². The number of aromatic amines is 1. The molecule has 3 rings (SSSR count). The van der Waals surface area contributed by atoms with Crippen molar-refractivity contribution in [2.75, 3.05) is 18.0 Å². The molecule has 0 spiro atoms. The number of hydrogen-bond acceptors (Lipinski definition) is 2. The zero-order valence-corrected chi connectivity index (χ0v) is 8.38. The molecular weight excluding hydrogens is 198 g/mol. The summed E-state index contributed by atoms with van der Waals surface area (Å²) < 4.78 is 0. The van der Waals surface area contributed by atoms with E-state index < -0.39 is 0 Å². The Bertz CT molecular complexity index is 473. The van der Waals surface area contributed by atoms with Gasteiger partial charge < -0.3 is 9.88 Å². The Morgan fingerprint density at radius 1 is 1.43 bits per heavy atom. The lowest BCUT2D eigenvalue weighted by atomic mass is 10.2. The Morgan fingerprint density at radius 3 is 3.00 bits per heavy atom. The molecule has 0 aliphatic carbocycles. The molecule has 0 aromatic carbocycles. The van der Waals surface area contributed by atoms with E-state index in [1.54, 1.807) is 0 Å². The molecule has 1 N–H and O–H groups in total. The summed E-state index contributed by atoms with van der Waals surface area (Å²) in [6.07, 6.45) is 5.15. The predicted molar refractivity (Wildman–Crippen MR) is 57.9 cm³/mol. The molecule has 14 heavy (non-hydrogen) atoms. The lowest BCUT2D eigenvalue weighted by Crippen LogP contribution is -2.36. The average Bonchev–Trinajstić information content (AvgIpc) is 2.45. The van der Waals surface area contributed by atoms with Crippen molar-refractivity contribution in [2.24, 2.45) is 0 Å². The van der Waals surface area contributed by atoms with Crippen LogP contribution in [0.25, 0.3) is 10.9 Å². The summed E-state index contributed by atoms with van der Waals surface area (Å²) >= 11 is 5.81. The van der Waals surface area contributed by atoms with Crippen LogP contribution < -0.4 is 4.90 Å². The molecule has 2 aromatic rings. The summed E-state index contributed by atoms with van der Waals surface area (Å²) in [4.78, 5) is 9.65. The number of pyridine rings is 1. The highest BCUT2D eigenvalue weighted by Crippen LogP contribution is 2.29. The van der Waals surface area contributed by atoms with E-state index in [2.05, 4.69) is 14.9 Å². The normalized spacial score (nSPS) is 15.9. The van der Waals surface area contributed by atoms with Crippen LogP contribution in [0.15, 0.2) is 18.5 Å². The van der Waals surface area contributed by atoms with E-state index in [9.17, 15) is 0 Å². The number of hydrogen-bond donors (Lipinski definition) is 1. The number of aromatic nitrogens is 2. The summed E-state index contributed by atoms with van der Waals surface area (Å²) in [7, 11) is 0. The highest BCUT2D eigenvalue weighted by atomic mass is 35.5. The molecule has 2 aromatic heterocycles. The van der Waals surface area contributed by atoms with Gasteiger partial charge in [-0.1, -0.05) is 11.6 Å². The van der Waals surface area contributed by atoms with Gasteiger partial charge in [0.2, 0.25) is 0 Å². The van der Waals surface area contributed by atoms with Crippen molar-refractivity contribution in [2.45, 2.75) is 6.42 Å². The fourth-order valence-corrected chi connectivity index (χ4v) is 1.95. The molecule has 0 radical (unpaired) electrons. The molecule has 0 amide bonds.